The Hall–Kier alpha value is -3.94. The summed E-state index contributed by atoms with van der Waals surface area (Å²) in [5.41, 5.74) is 2.57. The van der Waals surface area contributed by atoms with Crippen molar-refractivity contribution in [1.82, 2.24) is 19.5 Å². The molecular weight excluding hydrogens is 358 g/mol. The van der Waals surface area contributed by atoms with E-state index in [1.807, 2.05) is 36.4 Å². The van der Waals surface area contributed by atoms with Crippen LogP contribution in [0.3, 0.4) is 0 Å². The number of amides is 1. The smallest absolute Gasteiger partial charge is 0.254 e. The maximum atomic E-state index is 12.4. The van der Waals surface area contributed by atoms with Gasteiger partial charge in [0.1, 0.15) is 12.3 Å². The highest BCUT2D eigenvalue weighted by Gasteiger charge is 2.10. The molecule has 2 N–H and O–H groups in total. The number of benzene rings is 2. The number of aromatic amines is 1. The molecule has 0 saturated heterocycles. The second kappa shape index (κ2) is 7.36. The Morgan fingerprint density at radius 3 is 2.68 bits per heavy atom. The largest absolute Gasteiger partial charge is 0.497 e. The number of anilines is 1. The summed E-state index contributed by atoms with van der Waals surface area (Å²) in [5.74, 6) is 0.682. The topological polar surface area (TPSA) is 102 Å². The van der Waals surface area contributed by atoms with Crippen LogP contribution < -0.4 is 15.6 Å². The van der Waals surface area contributed by atoms with Gasteiger partial charge >= 0.3 is 0 Å². The lowest BCUT2D eigenvalue weighted by Gasteiger charge is -2.07. The van der Waals surface area contributed by atoms with Crippen LogP contribution in [-0.4, -0.2) is 32.5 Å². The number of carbonyl (C=O) groups is 1. The van der Waals surface area contributed by atoms with E-state index in [4.69, 9.17) is 4.74 Å². The first kappa shape index (κ1) is 17.5. The van der Waals surface area contributed by atoms with E-state index in [9.17, 15) is 9.59 Å². The quantitative estimate of drug-likeness (QED) is 0.558. The number of nitrogens with zero attached hydrogens (tertiary/aromatic N) is 3. The molecule has 2 aromatic heterocycles. The Balaban J connectivity index is 1.48. The normalized spacial score (nSPS) is 10.8. The van der Waals surface area contributed by atoms with Crippen molar-refractivity contribution in [2.45, 2.75) is 6.54 Å². The van der Waals surface area contributed by atoms with E-state index in [1.54, 1.807) is 19.2 Å². The van der Waals surface area contributed by atoms with Crippen LogP contribution in [0.15, 0.2) is 65.7 Å². The Bertz CT molecular complexity index is 1160. The standard InChI is InChI=1S/C20H17N5O3/c1-28-14-8-6-13(7-9-14)17-10-19(27)25(12-21-17)11-18(26)24-20-22-15-4-2-3-5-16(15)23-20/h2-10,12H,11H2,1H3,(H2,22,23,24,26). The zero-order valence-corrected chi connectivity index (χ0v) is 15.0. The fourth-order valence-electron chi connectivity index (χ4n) is 2.80. The maximum Gasteiger partial charge on any atom is 0.254 e. The average molecular weight is 375 g/mol. The second-order valence-electron chi connectivity index (χ2n) is 6.12. The summed E-state index contributed by atoms with van der Waals surface area (Å²) < 4.78 is 6.36. The molecule has 0 spiro atoms. The van der Waals surface area contributed by atoms with Crippen molar-refractivity contribution in [2.75, 3.05) is 12.4 Å². The van der Waals surface area contributed by atoms with Crippen LogP contribution in [-0.2, 0) is 11.3 Å². The molecule has 8 nitrogen and oxygen atoms in total. The van der Waals surface area contributed by atoms with E-state index in [0.717, 1.165) is 22.3 Å². The number of ether oxygens (including phenoxy) is 1. The number of imidazole rings is 1. The highest BCUT2D eigenvalue weighted by molar-refractivity contribution is 5.90. The van der Waals surface area contributed by atoms with Crippen molar-refractivity contribution >= 4 is 22.9 Å². The number of para-hydroxylation sites is 2. The molecule has 0 aliphatic rings. The van der Waals surface area contributed by atoms with Gasteiger partial charge in [-0.1, -0.05) is 12.1 Å². The molecule has 0 unspecified atom stereocenters. The molecular formula is C20H17N5O3. The minimum absolute atomic E-state index is 0.161. The monoisotopic (exact) mass is 375 g/mol. The van der Waals surface area contributed by atoms with Gasteiger partial charge in [-0.05, 0) is 36.4 Å². The molecule has 140 valence electrons. The first-order chi connectivity index (χ1) is 13.6. The Kier molecular flexibility index (Phi) is 4.59. The number of carbonyl (C=O) groups excluding carboxylic acids is 1. The van der Waals surface area contributed by atoms with Crippen molar-refractivity contribution in [2.24, 2.45) is 0 Å². The lowest BCUT2D eigenvalue weighted by Crippen LogP contribution is -2.27. The second-order valence-corrected chi connectivity index (χ2v) is 6.12. The number of H-pyrrole nitrogens is 1. The molecule has 2 aromatic carbocycles. The van der Waals surface area contributed by atoms with Crippen LogP contribution in [0.25, 0.3) is 22.3 Å². The molecule has 0 radical (unpaired) electrons. The minimum atomic E-state index is -0.375. The van der Waals surface area contributed by atoms with E-state index in [0.29, 0.717) is 11.6 Å². The Morgan fingerprint density at radius 1 is 1.18 bits per heavy atom. The highest BCUT2D eigenvalue weighted by atomic mass is 16.5. The van der Waals surface area contributed by atoms with E-state index in [-0.39, 0.29) is 18.0 Å². The zero-order valence-electron chi connectivity index (χ0n) is 15.0. The summed E-state index contributed by atoms with van der Waals surface area (Å²) in [4.78, 5) is 36.2. The van der Waals surface area contributed by atoms with Crippen LogP contribution in [0.4, 0.5) is 5.95 Å². The number of rotatable bonds is 5. The van der Waals surface area contributed by atoms with Crippen molar-refractivity contribution in [1.29, 1.82) is 0 Å². The van der Waals surface area contributed by atoms with Gasteiger partial charge in [0, 0.05) is 11.6 Å². The van der Waals surface area contributed by atoms with Gasteiger partial charge in [-0.3, -0.25) is 19.5 Å². The van der Waals surface area contributed by atoms with E-state index >= 15 is 0 Å². The van der Waals surface area contributed by atoms with Gasteiger partial charge in [0.05, 0.1) is 30.2 Å². The number of fused-ring (bicyclic) bond motifs is 1. The fraction of sp³-hybridized carbons (Fsp3) is 0.100. The van der Waals surface area contributed by atoms with Crippen molar-refractivity contribution < 1.29 is 9.53 Å². The predicted octanol–water partition coefficient (Wildman–Crippen LogP) is 2.43. The Labute approximate surface area is 159 Å². The predicted molar refractivity (Wildman–Crippen MR) is 105 cm³/mol. The van der Waals surface area contributed by atoms with Crippen LogP contribution >= 0.6 is 0 Å². The van der Waals surface area contributed by atoms with Gasteiger partial charge in [-0.2, -0.15) is 0 Å². The van der Waals surface area contributed by atoms with Gasteiger partial charge in [-0.25, -0.2) is 9.97 Å². The molecule has 8 heteroatoms. The average Bonchev–Trinajstić information content (AvgIpc) is 3.11. The first-order valence-electron chi connectivity index (χ1n) is 8.58. The van der Waals surface area contributed by atoms with E-state index in [1.165, 1.54) is 17.0 Å². The summed E-state index contributed by atoms with van der Waals surface area (Å²) in [6.45, 7) is -0.161. The molecule has 28 heavy (non-hydrogen) atoms. The van der Waals surface area contributed by atoms with E-state index in [2.05, 4.69) is 20.3 Å². The van der Waals surface area contributed by atoms with Gasteiger partial charge in [-0.15, -0.1) is 0 Å². The number of hydrogen-bond donors (Lipinski definition) is 2. The lowest BCUT2D eigenvalue weighted by molar-refractivity contribution is -0.116. The molecule has 0 atom stereocenters. The summed E-state index contributed by atoms with van der Waals surface area (Å²) in [6.07, 6.45) is 1.36. The highest BCUT2D eigenvalue weighted by Crippen LogP contribution is 2.19. The molecule has 0 bridgehead atoms. The lowest BCUT2D eigenvalue weighted by atomic mass is 10.1. The zero-order chi connectivity index (χ0) is 19.5. The summed E-state index contributed by atoms with van der Waals surface area (Å²) >= 11 is 0. The summed E-state index contributed by atoms with van der Waals surface area (Å²) in [7, 11) is 1.59. The van der Waals surface area contributed by atoms with Crippen molar-refractivity contribution in [3.63, 3.8) is 0 Å². The SMILES string of the molecule is COc1ccc(-c2cc(=O)n(CC(=O)Nc3nc4ccccc4[nH]3)cn2)cc1. The molecule has 2 heterocycles. The van der Waals surface area contributed by atoms with Crippen molar-refractivity contribution in [3.05, 3.63) is 71.3 Å². The van der Waals surface area contributed by atoms with Crippen LogP contribution in [0.5, 0.6) is 5.75 Å². The van der Waals surface area contributed by atoms with Crippen molar-refractivity contribution in [3.8, 4) is 17.0 Å². The number of hydrogen-bond acceptors (Lipinski definition) is 5. The third-order valence-electron chi connectivity index (χ3n) is 4.23. The van der Waals surface area contributed by atoms with Gasteiger partial charge in [0.25, 0.3) is 5.56 Å². The molecule has 0 saturated carbocycles. The summed E-state index contributed by atoms with van der Waals surface area (Å²) in [6, 6.07) is 16.1. The molecule has 0 aliphatic carbocycles. The number of nitrogens with one attached hydrogen (secondary N) is 2. The van der Waals surface area contributed by atoms with E-state index < -0.39 is 0 Å². The first-order valence-corrected chi connectivity index (χ1v) is 8.58. The molecule has 0 fully saturated rings. The number of methoxy groups -OCH3 is 1. The number of aromatic nitrogens is 4. The molecule has 0 aliphatic heterocycles. The molecule has 4 rings (SSSR count). The van der Waals surface area contributed by atoms with Gasteiger partial charge in [0.2, 0.25) is 11.9 Å². The maximum absolute atomic E-state index is 12.4. The minimum Gasteiger partial charge on any atom is -0.497 e. The third-order valence-corrected chi connectivity index (χ3v) is 4.23. The van der Waals surface area contributed by atoms with Crippen LogP contribution in [0.2, 0.25) is 0 Å². The van der Waals surface area contributed by atoms with Crippen LogP contribution in [0, 0.1) is 0 Å². The van der Waals surface area contributed by atoms with Gasteiger partial charge in [0.15, 0.2) is 0 Å². The summed E-state index contributed by atoms with van der Waals surface area (Å²) in [5, 5.41) is 2.66. The Morgan fingerprint density at radius 2 is 1.96 bits per heavy atom. The molecule has 1 amide bonds. The van der Waals surface area contributed by atoms with Crippen LogP contribution in [0.1, 0.15) is 0 Å². The fourth-order valence-corrected chi connectivity index (χ4v) is 2.80. The third kappa shape index (κ3) is 3.61. The van der Waals surface area contributed by atoms with Gasteiger partial charge < -0.3 is 9.72 Å². The molecule has 4 aromatic rings.